The Bertz CT molecular complexity index is 465. The fraction of sp³-hybridized carbons (Fsp3) is 0.333. The van der Waals surface area contributed by atoms with Crippen LogP contribution in [0.4, 0.5) is 0 Å². The second-order valence-electron chi connectivity index (χ2n) is 4.08. The van der Waals surface area contributed by atoms with Crippen LogP contribution in [0, 0.1) is 6.92 Å². The molecule has 0 saturated carbocycles. The summed E-state index contributed by atoms with van der Waals surface area (Å²) < 4.78 is 1.16. The van der Waals surface area contributed by atoms with Crippen LogP contribution < -0.4 is 0 Å². The molecule has 1 unspecified atom stereocenters. The summed E-state index contributed by atoms with van der Waals surface area (Å²) in [6.07, 6.45) is 2.69. The van der Waals surface area contributed by atoms with E-state index in [4.69, 9.17) is 0 Å². The van der Waals surface area contributed by atoms with Gasteiger partial charge in [-0.3, -0.25) is 0 Å². The van der Waals surface area contributed by atoms with E-state index in [9.17, 15) is 0 Å². The third-order valence-corrected chi connectivity index (χ3v) is 3.60. The number of rotatable bonds is 3. The van der Waals surface area contributed by atoms with E-state index in [1.54, 1.807) is 6.20 Å². The number of nitrogens with one attached hydrogen (secondary N) is 1. The van der Waals surface area contributed by atoms with Crippen molar-refractivity contribution in [1.29, 1.82) is 0 Å². The normalized spacial score (nSPS) is 12.7. The molecule has 0 saturated heterocycles. The van der Waals surface area contributed by atoms with Gasteiger partial charge in [0.1, 0.15) is 0 Å². The summed E-state index contributed by atoms with van der Waals surface area (Å²) in [5.74, 6) is 0.446. The lowest BCUT2D eigenvalue weighted by atomic mass is 9.96. The molecular weight excluding hydrogens is 266 g/mol. The minimum Gasteiger partial charge on any atom is -0.198 e. The Labute approximate surface area is 103 Å². The molecule has 1 aromatic carbocycles. The zero-order chi connectivity index (χ0) is 11.5. The third-order valence-electron chi connectivity index (χ3n) is 2.75. The van der Waals surface area contributed by atoms with E-state index in [1.165, 1.54) is 11.1 Å². The number of nitrogens with zero attached hydrogens (tertiary/aromatic N) is 2. The van der Waals surface area contributed by atoms with Crippen molar-refractivity contribution in [3.05, 3.63) is 45.7 Å². The van der Waals surface area contributed by atoms with Crippen molar-refractivity contribution in [2.45, 2.75) is 26.2 Å². The molecule has 84 valence electrons. The first-order chi connectivity index (χ1) is 7.66. The largest absolute Gasteiger partial charge is 0.198 e. The molecule has 0 amide bonds. The second kappa shape index (κ2) is 4.78. The lowest BCUT2D eigenvalue weighted by Crippen LogP contribution is -1.99. The summed E-state index contributed by atoms with van der Waals surface area (Å²) in [7, 11) is 0. The number of aromatic amines is 1. The van der Waals surface area contributed by atoms with E-state index >= 15 is 0 Å². The molecule has 0 radical (unpaired) electrons. The van der Waals surface area contributed by atoms with Crippen LogP contribution in [0.5, 0.6) is 0 Å². The molecule has 0 aliphatic rings. The van der Waals surface area contributed by atoms with E-state index < -0.39 is 0 Å². The van der Waals surface area contributed by atoms with Crippen LogP contribution in [-0.4, -0.2) is 15.4 Å². The lowest BCUT2D eigenvalue weighted by Gasteiger charge is -2.11. The SMILES string of the molecule is Cc1ccc(C(C)Cc2cn[nH]n2)cc1Br. The van der Waals surface area contributed by atoms with E-state index in [1.807, 2.05) is 0 Å². The Morgan fingerprint density at radius 1 is 1.44 bits per heavy atom. The number of hydrogen-bond acceptors (Lipinski definition) is 2. The molecule has 0 aliphatic heterocycles. The maximum Gasteiger partial charge on any atom is 0.0830 e. The first-order valence-electron chi connectivity index (χ1n) is 5.27. The smallest absolute Gasteiger partial charge is 0.0830 e. The van der Waals surface area contributed by atoms with Gasteiger partial charge in [-0.1, -0.05) is 35.0 Å². The summed E-state index contributed by atoms with van der Waals surface area (Å²) in [6, 6.07) is 6.49. The molecule has 3 nitrogen and oxygen atoms in total. The second-order valence-corrected chi connectivity index (χ2v) is 4.93. The van der Waals surface area contributed by atoms with Crippen LogP contribution in [0.2, 0.25) is 0 Å². The monoisotopic (exact) mass is 279 g/mol. The zero-order valence-electron chi connectivity index (χ0n) is 9.37. The highest BCUT2D eigenvalue weighted by Crippen LogP contribution is 2.24. The maximum absolute atomic E-state index is 4.07. The number of aromatic nitrogens is 3. The Hall–Kier alpha value is -1.16. The third kappa shape index (κ3) is 2.50. The van der Waals surface area contributed by atoms with Crippen LogP contribution in [0.3, 0.4) is 0 Å². The molecule has 1 heterocycles. The fourth-order valence-electron chi connectivity index (χ4n) is 1.67. The summed E-state index contributed by atoms with van der Waals surface area (Å²) in [5, 5.41) is 10.5. The van der Waals surface area contributed by atoms with E-state index in [0.717, 1.165) is 16.6 Å². The van der Waals surface area contributed by atoms with Crippen molar-refractivity contribution < 1.29 is 0 Å². The zero-order valence-corrected chi connectivity index (χ0v) is 11.0. The van der Waals surface area contributed by atoms with Crippen LogP contribution in [-0.2, 0) is 6.42 Å². The van der Waals surface area contributed by atoms with Gasteiger partial charge >= 0.3 is 0 Å². The van der Waals surface area contributed by atoms with Crippen LogP contribution in [0.15, 0.2) is 28.9 Å². The van der Waals surface area contributed by atoms with Gasteiger partial charge < -0.3 is 0 Å². The van der Waals surface area contributed by atoms with Gasteiger partial charge in [-0.05, 0) is 36.5 Å². The topological polar surface area (TPSA) is 41.6 Å². The molecule has 0 aliphatic carbocycles. The first-order valence-corrected chi connectivity index (χ1v) is 6.07. The molecule has 1 N–H and O–H groups in total. The van der Waals surface area contributed by atoms with Gasteiger partial charge in [0, 0.05) is 4.47 Å². The molecule has 0 fully saturated rings. The molecule has 2 aromatic rings. The highest BCUT2D eigenvalue weighted by molar-refractivity contribution is 9.10. The van der Waals surface area contributed by atoms with Gasteiger partial charge in [-0.2, -0.15) is 15.4 Å². The molecule has 0 bridgehead atoms. The Balaban J connectivity index is 2.14. The highest BCUT2D eigenvalue weighted by Gasteiger charge is 2.09. The molecule has 1 aromatic heterocycles. The Morgan fingerprint density at radius 3 is 2.88 bits per heavy atom. The first kappa shape index (κ1) is 11.3. The molecule has 1 atom stereocenters. The predicted molar refractivity (Wildman–Crippen MR) is 67.4 cm³/mol. The number of H-pyrrole nitrogens is 1. The molecule has 16 heavy (non-hydrogen) atoms. The Kier molecular flexibility index (Phi) is 3.39. The lowest BCUT2D eigenvalue weighted by molar-refractivity contribution is 0.735. The van der Waals surface area contributed by atoms with Crippen molar-refractivity contribution in [1.82, 2.24) is 15.4 Å². The summed E-state index contributed by atoms with van der Waals surface area (Å²) in [6.45, 7) is 4.29. The fourth-order valence-corrected chi connectivity index (χ4v) is 2.07. The molecule has 4 heteroatoms. The number of halogens is 1. The summed E-state index contributed by atoms with van der Waals surface area (Å²) >= 11 is 3.56. The van der Waals surface area contributed by atoms with Crippen molar-refractivity contribution in [2.24, 2.45) is 0 Å². The van der Waals surface area contributed by atoms with Gasteiger partial charge in [0.2, 0.25) is 0 Å². The predicted octanol–water partition coefficient (Wildman–Crippen LogP) is 3.22. The van der Waals surface area contributed by atoms with Crippen LogP contribution >= 0.6 is 15.9 Å². The van der Waals surface area contributed by atoms with Crippen molar-refractivity contribution in [3.63, 3.8) is 0 Å². The number of aryl methyl sites for hydroxylation is 1. The number of hydrogen-bond donors (Lipinski definition) is 1. The van der Waals surface area contributed by atoms with Crippen molar-refractivity contribution >= 4 is 15.9 Å². The van der Waals surface area contributed by atoms with E-state index in [0.29, 0.717) is 5.92 Å². The highest BCUT2D eigenvalue weighted by atomic mass is 79.9. The summed E-state index contributed by atoms with van der Waals surface area (Å²) in [4.78, 5) is 0. The van der Waals surface area contributed by atoms with E-state index in [2.05, 4.69) is 63.4 Å². The van der Waals surface area contributed by atoms with Crippen LogP contribution in [0.25, 0.3) is 0 Å². The van der Waals surface area contributed by atoms with Gasteiger partial charge in [0.05, 0.1) is 11.9 Å². The maximum atomic E-state index is 4.07. The van der Waals surface area contributed by atoms with Crippen molar-refractivity contribution in [2.75, 3.05) is 0 Å². The molecule has 2 rings (SSSR count). The molecule has 0 spiro atoms. The summed E-state index contributed by atoms with van der Waals surface area (Å²) in [5.41, 5.74) is 3.59. The van der Waals surface area contributed by atoms with Gasteiger partial charge in [0.15, 0.2) is 0 Å². The van der Waals surface area contributed by atoms with Gasteiger partial charge in [-0.25, -0.2) is 0 Å². The average molecular weight is 280 g/mol. The van der Waals surface area contributed by atoms with Gasteiger partial charge in [0.25, 0.3) is 0 Å². The quantitative estimate of drug-likeness (QED) is 0.937. The Morgan fingerprint density at radius 2 is 2.25 bits per heavy atom. The van der Waals surface area contributed by atoms with Gasteiger partial charge in [-0.15, -0.1) is 0 Å². The van der Waals surface area contributed by atoms with E-state index in [-0.39, 0.29) is 0 Å². The van der Waals surface area contributed by atoms with Crippen molar-refractivity contribution in [3.8, 4) is 0 Å². The minimum atomic E-state index is 0.446. The van der Waals surface area contributed by atoms with Crippen LogP contribution in [0.1, 0.15) is 29.7 Å². The molecular formula is C12H14BrN3. The standard InChI is InChI=1S/C12H14BrN3/c1-8-3-4-10(6-12(8)13)9(2)5-11-7-14-16-15-11/h3-4,6-7,9H,5H2,1-2H3,(H,14,15,16). The number of benzene rings is 1. The average Bonchev–Trinajstić information content (AvgIpc) is 2.74. The minimum absolute atomic E-state index is 0.446.